The number of rotatable bonds is 8. The number of carboxylic acid groups (broad SMARTS) is 1. The van der Waals surface area contributed by atoms with Crippen molar-refractivity contribution in [3.05, 3.63) is 59.7 Å². The van der Waals surface area contributed by atoms with Gasteiger partial charge in [0.1, 0.15) is 6.61 Å². The smallest absolute Gasteiger partial charge is 0.407 e. The van der Waals surface area contributed by atoms with E-state index in [0.717, 1.165) is 24.0 Å². The van der Waals surface area contributed by atoms with Gasteiger partial charge in [-0.25, -0.2) is 4.79 Å². The molecule has 0 saturated heterocycles. The van der Waals surface area contributed by atoms with Gasteiger partial charge in [-0.15, -0.1) is 0 Å². The third-order valence-corrected chi connectivity index (χ3v) is 6.62. The summed E-state index contributed by atoms with van der Waals surface area (Å²) in [4.78, 5) is 35.8. The monoisotopic (exact) mass is 450 g/mol. The Hall–Kier alpha value is -3.35. The Kier molecular flexibility index (Phi) is 7.27. The van der Waals surface area contributed by atoms with Gasteiger partial charge in [0, 0.05) is 24.9 Å². The van der Waals surface area contributed by atoms with Gasteiger partial charge in [-0.2, -0.15) is 0 Å². The van der Waals surface area contributed by atoms with Crippen molar-refractivity contribution in [1.82, 2.24) is 10.6 Å². The number of carbonyl (C=O) groups is 3. The van der Waals surface area contributed by atoms with E-state index in [1.54, 1.807) is 0 Å². The first-order chi connectivity index (χ1) is 16.0. The van der Waals surface area contributed by atoms with E-state index in [1.807, 2.05) is 24.3 Å². The zero-order valence-electron chi connectivity index (χ0n) is 18.6. The van der Waals surface area contributed by atoms with Crippen LogP contribution in [-0.2, 0) is 14.3 Å². The second-order valence-corrected chi connectivity index (χ2v) is 8.76. The van der Waals surface area contributed by atoms with E-state index in [0.29, 0.717) is 25.8 Å². The van der Waals surface area contributed by atoms with Crippen LogP contribution in [0.25, 0.3) is 11.1 Å². The van der Waals surface area contributed by atoms with Crippen molar-refractivity contribution in [2.24, 2.45) is 5.92 Å². The second kappa shape index (κ2) is 10.5. The molecule has 2 aromatic rings. The molecule has 0 aliphatic heterocycles. The number of aliphatic carboxylic acids is 1. The van der Waals surface area contributed by atoms with Gasteiger partial charge in [0.05, 0.1) is 5.92 Å². The quantitative estimate of drug-likeness (QED) is 0.526. The normalized spacial score (nSPS) is 19.3. The highest BCUT2D eigenvalue weighted by Crippen LogP contribution is 2.44. The Labute approximate surface area is 193 Å². The first kappa shape index (κ1) is 22.8. The summed E-state index contributed by atoms with van der Waals surface area (Å²) >= 11 is 0. The molecule has 2 aliphatic carbocycles. The van der Waals surface area contributed by atoms with Gasteiger partial charge in [0.15, 0.2) is 0 Å². The summed E-state index contributed by atoms with van der Waals surface area (Å²) in [7, 11) is 0. The van der Waals surface area contributed by atoms with E-state index in [4.69, 9.17) is 4.74 Å². The van der Waals surface area contributed by atoms with Gasteiger partial charge in [0.2, 0.25) is 5.91 Å². The molecule has 174 valence electrons. The Morgan fingerprint density at radius 3 is 2.24 bits per heavy atom. The standard InChI is InChI=1S/C26H30N2O5/c29-24(28-23-13-6-5-12-21(23)25(30)31)14-7-15-27-26(32)33-16-22-19-10-3-1-8-17(19)18-9-2-4-11-20(18)22/h1-4,8-11,21-23H,5-7,12-16H2,(H,27,32)(H,28,29)(H,30,31)/t21-,23+/m1/s1. The molecular weight excluding hydrogens is 420 g/mol. The number of alkyl carbamates (subject to hydrolysis) is 1. The van der Waals surface area contributed by atoms with E-state index in [1.165, 1.54) is 11.1 Å². The van der Waals surface area contributed by atoms with Crippen LogP contribution < -0.4 is 10.6 Å². The zero-order valence-corrected chi connectivity index (χ0v) is 18.6. The molecular formula is C26H30N2O5. The number of carbonyl (C=O) groups excluding carboxylic acids is 2. The van der Waals surface area contributed by atoms with Crippen molar-refractivity contribution in [3.8, 4) is 11.1 Å². The highest BCUT2D eigenvalue weighted by Gasteiger charge is 2.32. The lowest BCUT2D eigenvalue weighted by molar-refractivity contribution is -0.144. The van der Waals surface area contributed by atoms with E-state index >= 15 is 0 Å². The maximum atomic E-state index is 12.2. The highest BCUT2D eigenvalue weighted by molar-refractivity contribution is 5.79. The molecule has 7 nitrogen and oxygen atoms in total. The van der Waals surface area contributed by atoms with Crippen LogP contribution in [0.3, 0.4) is 0 Å². The molecule has 33 heavy (non-hydrogen) atoms. The number of carboxylic acids is 1. The Morgan fingerprint density at radius 2 is 1.58 bits per heavy atom. The first-order valence-corrected chi connectivity index (χ1v) is 11.7. The SMILES string of the molecule is O=C(CCCNC(=O)OCC1c2ccccc2-c2ccccc21)N[C@H]1CCCC[C@H]1C(=O)O. The van der Waals surface area contributed by atoms with Gasteiger partial charge >= 0.3 is 12.1 Å². The molecule has 1 saturated carbocycles. The van der Waals surface area contributed by atoms with Crippen molar-refractivity contribution in [2.45, 2.75) is 50.5 Å². The summed E-state index contributed by atoms with van der Waals surface area (Å²) in [5.74, 6) is -1.53. The molecule has 0 spiro atoms. The summed E-state index contributed by atoms with van der Waals surface area (Å²) in [5.41, 5.74) is 4.67. The molecule has 0 heterocycles. The van der Waals surface area contributed by atoms with Crippen LogP contribution in [0.1, 0.15) is 55.6 Å². The predicted molar refractivity (Wildman–Crippen MR) is 124 cm³/mol. The topological polar surface area (TPSA) is 105 Å². The molecule has 1 fully saturated rings. The molecule has 0 bridgehead atoms. The Morgan fingerprint density at radius 1 is 0.939 bits per heavy atom. The molecule has 2 aliphatic rings. The number of hydrogen-bond donors (Lipinski definition) is 3. The summed E-state index contributed by atoms with van der Waals surface area (Å²) in [6.07, 6.45) is 3.29. The first-order valence-electron chi connectivity index (χ1n) is 11.7. The number of fused-ring (bicyclic) bond motifs is 3. The van der Waals surface area contributed by atoms with Crippen LogP contribution in [0.2, 0.25) is 0 Å². The molecule has 2 atom stereocenters. The van der Waals surface area contributed by atoms with Crippen molar-refractivity contribution in [2.75, 3.05) is 13.2 Å². The molecule has 2 amide bonds. The predicted octanol–water partition coefficient (Wildman–Crippen LogP) is 4.06. The fourth-order valence-electron chi connectivity index (χ4n) is 4.97. The lowest BCUT2D eigenvalue weighted by Crippen LogP contribution is -2.45. The molecule has 0 radical (unpaired) electrons. The van der Waals surface area contributed by atoms with Gasteiger partial charge in [0.25, 0.3) is 0 Å². The van der Waals surface area contributed by atoms with Crippen molar-refractivity contribution in [3.63, 3.8) is 0 Å². The highest BCUT2D eigenvalue weighted by atomic mass is 16.5. The Bertz CT molecular complexity index is 976. The Balaban J connectivity index is 1.19. The summed E-state index contributed by atoms with van der Waals surface area (Å²) < 4.78 is 5.49. The number of amides is 2. The number of ether oxygens (including phenoxy) is 1. The van der Waals surface area contributed by atoms with E-state index in [2.05, 4.69) is 34.9 Å². The average molecular weight is 451 g/mol. The summed E-state index contributed by atoms with van der Waals surface area (Å²) in [5, 5.41) is 14.9. The molecule has 7 heteroatoms. The minimum Gasteiger partial charge on any atom is -0.481 e. The molecule has 0 unspecified atom stereocenters. The van der Waals surface area contributed by atoms with Crippen LogP contribution in [0.4, 0.5) is 4.79 Å². The van der Waals surface area contributed by atoms with Crippen LogP contribution in [0.15, 0.2) is 48.5 Å². The summed E-state index contributed by atoms with van der Waals surface area (Å²) in [6.45, 7) is 0.565. The molecule has 3 N–H and O–H groups in total. The molecule has 4 rings (SSSR count). The second-order valence-electron chi connectivity index (χ2n) is 8.76. The fourth-order valence-corrected chi connectivity index (χ4v) is 4.97. The van der Waals surface area contributed by atoms with Crippen LogP contribution in [0, 0.1) is 5.92 Å². The minimum absolute atomic E-state index is 0.00611. The molecule has 0 aromatic heterocycles. The van der Waals surface area contributed by atoms with Crippen molar-refractivity contribution < 1.29 is 24.2 Å². The van der Waals surface area contributed by atoms with Gasteiger partial charge in [-0.1, -0.05) is 61.4 Å². The zero-order chi connectivity index (χ0) is 23.2. The van der Waals surface area contributed by atoms with Gasteiger partial charge in [-0.05, 0) is 41.5 Å². The van der Waals surface area contributed by atoms with E-state index in [9.17, 15) is 19.5 Å². The maximum absolute atomic E-state index is 12.2. The van der Waals surface area contributed by atoms with Crippen LogP contribution in [-0.4, -0.2) is 42.3 Å². The average Bonchev–Trinajstić information content (AvgIpc) is 3.14. The summed E-state index contributed by atoms with van der Waals surface area (Å²) in [6, 6.07) is 16.0. The number of nitrogens with one attached hydrogen (secondary N) is 2. The number of benzene rings is 2. The van der Waals surface area contributed by atoms with E-state index < -0.39 is 18.0 Å². The van der Waals surface area contributed by atoms with Crippen molar-refractivity contribution >= 4 is 18.0 Å². The fraction of sp³-hybridized carbons (Fsp3) is 0.423. The third-order valence-electron chi connectivity index (χ3n) is 6.62. The number of hydrogen-bond acceptors (Lipinski definition) is 4. The molecule has 2 aromatic carbocycles. The van der Waals surface area contributed by atoms with Gasteiger partial charge < -0.3 is 20.5 Å². The van der Waals surface area contributed by atoms with Crippen LogP contribution in [0.5, 0.6) is 0 Å². The largest absolute Gasteiger partial charge is 0.481 e. The lowest BCUT2D eigenvalue weighted by atomic mass is 9.84. The van der Waals surface area contributed by atoms with Gasteiger partial charge in [-0.3, -0.25) is 9.59 Å². The lowest BCUT2D eigenvalue weighted by Gasteiger charge is -2.29. The maximum Gasteiger partial charge on any atom is 0.407 e. The van der Waals surface area contributed by atoms with E-state index in [-0.39, 0.29) is 30.9 Å². The van der Waals surface area contributed by atoms with Crippen LogP contribution >= 0.6 is 0 Å². The third kappa shape index (κ3) is 5.35. The minimum atomic E-state index is -0.850. The van der Waals surface area contributed by atoms with Crippen molar-refractivity contribution in [1.29, 1.82) is 0 Å².